The van der Waals surface area contributed by atoms with E-state index in [9.17, 15) is 0 Å². The molecule has 0 amide bonds. The molecule has 0 atom stereocenters. The van der Waals surface area contributed by atoms with Crippen molar-refractivity contribution in [3.63, 3.8) is 0 Å². The second-order valence-electron chi connectivity index (χ2n) is 3.66. The van der Waals surface area contributed by atoms with E-state index in [1.54, 1.807) is 17.5 Å². The summed E-state index contributed by atoms with van der Waals surface area (Å²) in [6.45, 7) is 4.29. The Bertz CT molecular complexity index is 448. The van der Waals surface area contributed by atoms with Crippen LogP contribution in [-0.4, -0.2) is 9.97 Å². The van der Waals surface area contributed by atoms with Gasteiger partial charge in [-0.3, -0.25) is 4.98 Å². The summed E-state index contributed by atoms with van der Waals surface area (Å²) in [5.74, 6) is 0.440. The average molecular weight is 219 g/mol. The zero-order valence-corrected chi connectivity index (χ0v) is 9.58. The minimum absolute atomic E-state index is 0.440. The molecule has 0 aliphatic carbocycles. The molecule has 0 aromatic carbocycles. The standard InChI is InChI=1S/C11H13N3S/c1-7(2)10-9(14-11(12)15-10)8-4-3-5-13-6-8/h3-7H,1-2H3,(H2,12,14). The number of hydrogen-bond acceptors (Lipinski definition) is 4. The highest BCUT2D eigenvalue weighted by Gasteiger charge is 2.14. The molecule has 3 nitrogen and oxygen atoms in total. The van der Waals surface area contributed by atoms with Crippen molar-refractivity contribution < 1.29 is 0 Å². The first-order valence-corrected chi connectivity index (χ1v) is 5.66. The van der Waals surface area contributed by atoms with Crippen LogP contribution in [0.15, 0.2) is 24.5 Å². The normalized spacial score (nSPS) is 10.9. The Morgan fingerprint density at radius 2 is 2.20 bits per heavy atom. The third-order valence-electron chi connectivity index (χ3n) is 2.13. The summed E-state index contributed by atoms with van der Waals surface area (Å²) < 4.78 is 0. The molecule has 0 fully saturated rings. The molecule has 4 heteroatoms. The van der Waals surface area contributed by atoms with Crippen LogP contribution in [0.2, 0.25) is 0 Å². The van der Waals surface area contributed by atoms with Gasteiger partial charge in [0.25, 0.3) is 0 Å². The van der Waals surface area contributed by atoms with Crippen molar-refractivity contribution in [1.29, 1.82) is 0 Å². The van der Waals surface area contributed by atoms with E-state index in [2.05, 4.69) is 23.8 Å². The lowest BCUT2D eigenvalue weighted by Crippen LogP contribution is -1.88. The van der Waals surface area contributed by atoms with Crippen LogP contribution in [0.4, 0.5) is 5.13 Å². The lowest BCUT2D eigenvalue weighted by molar-refractivity contribution is 0.888. The average Bonchev–Trinajstić information content (AvgIpc) is 2.62. The van der Waals surface area contributed by atoms with Gasteiger partial charge in [-0.05, 0) is 18.1 Å². The van der Waals surface area contributed by atoms with E-state index in [-0.39, 0.29) is 0 Å². The second-order valence-corrected chi connectivity index (χ2v) is 4.72. The summed E-state index contributed by atoms with van der Waals surface area (Å²) in [4.78, 5) is 9.68. The smallest absolute Gasteiger partial charge is 0.180 e. The summed E-state index contributed by atoms with van der Waals surface area (Å²) in [5, 5.41) is 0.623. The van der Waals surface area contributed by atoms with Gasteiger partial charge >= 0.3 is 0 Å². The monoisotopic (exact) mass is 219 g/mol. The van der Waals surface area contributed by atoms with Crippen molar-refractivity contribution in [3.05, 3.63) is 29.4 Å². The van der Waals surface area contributed by atoms with Gasteiger partial charge < -0.3 is 5.73 Å². The highest BCUT2D eigenvalue weighted by Crippen LogP contribution is 2.34. The molecule has 0 unspecified atom stereocenters. The van der Waals surface area contributed by atoms with E-state index in [1.165, 1.54) is 4.88 Å². The molecule has 0 saturated carbocycles. The highest BCUT2D eigenvalue weighted by atomic mass is 32.1. The van der Waals surface area contributed by atoms with Crippen molar-refractivity contribution in [1.82, 2.24) is 9.97 Å². The van der Waals surface area contributed by atoms with Crippen molar-refractivity contribution in [2.45, 2.75) is 19.8 Å². The SMILES string of the molecule is CC(C)c1sc(N)nc1-c1cccnc1. The molecule has 2 heterocycles. The predicted octanol–water partition coefficient (Wildman–Crippen LogP) is 2.91. The van der Waals surface area contributed by atoms with Crippen molar-refractivity contribution in [2.24, 2.45) is 0 Å². The second kappa shape index (κ2) is 3.98. The Morgan fingerprint density at radius 1 is 1.40 bits per heavy atom. The topological polar surface area (TPSA) is 51.8 Å². The van der Waals surface area contributed by atoms with Crippen LogP contribution in [0.5, 0.6) is 0 Å². The van der Waals surface area contributed by atoms with Crippen LogP contribution in [-0.2, 0) is 0 Å². The molecule has 0 saturated heterocycles. The molecule has 0 bridgehead atoms. The molecule has 0 aliphatic heterocycles. The van der Waals surface area contributed by atoms with Crippen LogP contribution in [0.1, 0.15) is 24.6 Å². The molecular weight excluding hydrogens is 206 g/mol. The molecule has 0 spiro atoms. The third kappa shape index (κ3) is 1.99. The lowest BCUT2D eigenvalue weighted by atomic mass is 10.1. The number of pyridine rings is 1. The minimum atomic E-state index is 0.440. The molecule has 15 heavy (non-hydrogen) atoms. The van der Waals surface area contributed by atoms with Gasteiger partial charge in [-0.15, -0.1) is 11.3 Å². The maximum atomic E-state index is 5.74. The molecule has 2 aromatic heterocycles. The first kappa shape index (κ1) is 10.1. The summed E-state index contributed by atoms with van der Waals surface area (Å²) in [6.07, 6.45) is 3.58. The number of rotatable bonds is 2. The number of nitrogens with two attached hydrogens (primary N) is 1. The van der Waals surface area contributed by atoms with Gasteiger partial charge in [0.15, 0.2) is 5.13 Å². The number of nitrogens with zero attached hydrogens (tertiary/aromatic N) is 2. The zero-order valence-electron chi connectivity index (χ0n) is 8.77. The Balaban J connectivity index is 2.53. The Morgan fingerprint density at radius 3 is 2.80 bits per heavy atom. The van der Waals surface area contributed by atoms with Gasteiger partial charge in [-0.25, -0.2) is 4.98 Å². The van der Waals surface area contributed by atoms with Gasteiger partial charge in [0.2, 0.25) is 0 Å². The number of hydrogen-bond donors (Lipinski definition) is 1. The quantitative estimate of drug-likeness (QED) is 0.845. The molecule has 0 radical (unpaired) electrons. The minimum Gasteiger partial charge on any atom is -0.375 e. The largest absolute Gasteiger partial charge is 0.375 e. The van der Waals surface area contributed by atoms with Crippen molar-refractivity contribution in [3.8, 4) is 11.3 Å². The van der Waals surface area contributed by atoms with Gasteiger partial charge in [0, 0.05) is 22.8 Å². The zero-order chi connectivity index (χ0) is 10.8. The summed E-state index contributed by atoms with van der Waals surface area (Å²) in [5.41, 5.74) is 7.75. The molecular formula is C11H13N3S. The number of nitrogen functional groups attached to an aromatic ring is 1. The fourth-order valence-corrected chi connectivity index (χ4v) is 2.31. The fourth-order valence-electron chi connectivity index (χ4n) is 1.45. The highest BCUT2D eigenvalue weighted by molar-refractivity contribution is 7.15. The first-order valence-electron chi connectivity index (χ1n) is 4.85. The maximum Gasteiger partial charge on any atom is 0.180 e. The van der Waals surface area contributed by atoms with Gasteiger partial charge in [0.05, 0.1) is 5.69 Å². The van der Waals surface area contributed by atoms with E-state index in [4.69, 9.17) is 5.73 Å². The van der Waals surface area contributed by atoms with Crippen LogP contribution in [0.3, 0.4) is 0 Å². The van der Waals surface area contributed by atoms with E-state index in [0.29, 0.717) is 11.0 Å². The van der Waals surface area contributed by atoms with E-state index < -0.39 is 0 Å². The summed E-state index contributed by atoms with van der Waals surface area (Å²) in [7, 11) is 0. The van der Waals surface area contributed by atoms with Gasteiger partial charge in [-0.1, -0.05) is 13.8 Å². The lowest BCUT2D eigenvalue weighted by Gasteiger charge is -2.04. The first-order chi connectivity index (χ1) is 7.18. The number of aromatic nitrogens is 2. The van der Waals surface area contributed by atoms with Crippen molar-refractivity contribution >= 4 is 16.5 Å². The third-order valence-corrected chi connectivity index (χ3v) is 3.31. The van der Waals surface area contributed by atoms with Crippen molar-refractivity contribution in [2.75, 3.05) is 5.73 Å². The fraction of sp³-hybridized carbons (Fsp3) is 0.273. The molecule has 78 valence electrons. The molecule has 0 aliphatic rings. The number of thiazole rings is 1. The summed E-state index contributed by atoms with van der Waals surface area (Å²) >= 11 is 1.56. The van der Waals surface area contributed by atoms with Crippen LogP contribution in [0, 0.1) is 0 Å². The summed E-state index contributed by atoms with van der Waals surface area (Å²) in [6, 6.07) is 3.92. The Kier molecular flexibility index (Phi) is 2.68. The van der Waals surface area contributed by atoms with Crippen LogP contribution in [0.25, 0.3) is 11.3 Å². The molecule has 2 rings (SSSR count). The van der Waals surface area contributed by atoms with Gasteiger partial charge in [0.1, 0.15) is 0 Å². The van der Waals surface area contributed by atoms with Crippen LogP contribution >= 0.6 is 11.3 Å². The van der Waals surface area contributed by atoms with Gasteiger partial charge in [-0.2, -0.15) is 0 Å². The Hall–Kier alpha value is -1.42. The molecule has 2 aromatic rings. The Labute approximate surface area is 93.0 Å². The molecule has 2 N–H and O–H groups in total. The van der Waals surface area contributed by atoms with E-state index in [0.717, 1.165) is 11.3 Å². The van der Waals surface area contributed by atoms with E-state index >= 15 is 0 Å². The predicted molar refractivity (Wildman–Crippen MR) is 63.8 cm³/mol. The number of anilines is 1. The van der Waals surface area contributed by atoms with Crippen LogP contribution < -0.4 is 5.73 Å². The maximum absolute atomic E-state index is 5.74. The van der Waals surface area contributed by atoms with E-state index in [1.807, 2.05) is 18.3 Å².